The van der Waals surface area contributed by atoms with E-state index in [1.165, 1.54) is 13.8 Å². The molecule has 0 aliphatic carbocycles. The standard InChI is InChI=1S/C50H94N14O12.ClH/c1-9-12-29(6)13-10-11-14-39(67)63-41(31(8)66)50(76)60-34(17-22-53)43(69)59-36-19-24-55-49(75)40(30(7)65)64-46(72)35(18-23-54)57-42(68)32(15-20-51)58-47(73)37(25-27(2)3)62-48(74)38(26-28(4)5)61-44(70)33(16-21-52)56-45(36)71;/h27-38,40-41,65-66H,9-26,51-54H2,1-8H3,(H,55,75)(H,56,71)(H,57,68)(H,58,73)(H,59,69)(H,60,76)(H,61,70)(H,62,74)(H,63,67)(H,64,72);1H. The summed E-state index contributed by atoms with van der Waals surface area (Å²) in [6, 6.07) is -12.8. The lowest BCUT2D eigenvalue weighted by atomic mass is 9.98. The molecular formula is C50H95ClN14O12. The summed E-state index contributed by atoms with van der Waals surface area (Å²) in [5, 5.41) is 46.9. The monoisotopic (exact) mass is 1120 g/mol. The van der Waals surface area contributed by atoms with Crippen LogP contribution in [0.2, 0.25) is 0 Å². The van der Waals surface area contributed by atoms with Crippen molar-refractivity contribution in [2.24, 2.45) is 40.7 Å². The third-order valence-corrected chi connectivity index (χ3v) is 12.7. The van der Waals surface area contributed by atoms with Crippen LogP contribution in [0.15, 0.2) is 0 Å². The predicted octanol–water partition coefficient (Wildman–Crippen LogP) is -3.46. The van der Waals surface area contributed by atoms with Gasteiger partial charge in [0.1, 0.15) is 54.4 Å². The van der Waals surface area contributed by atoms with Crippen molar-refractivity contribution in [1.82, 2.24) is 53.2 Å². The quantitative estimate of drug-likeness (QED) is 0.0374. The summed E-state index contributed by atoms with van der Waals surface area (Å²) in [5.41, 5.74) is 23.4. The average Bonchev–Trinajstić information content (AvgIpc) is 3.33. The van der Waals surface area contributed by atoms with E-state index in [1.54, 1.807) is 27.7 Å². The van der Waals surface area contributed by atoms with Gasteiger partial charge in [-0.2, -0.15) is 0 Å². The number of hydrogen-bond donors (Lipinski definition) is 16. The number of carbonyl (C=O) groups is 10. The van der Waals surface area contributed by atoms with Crippen molar-refractivity contribution < 1.29 is 58.2 Å². The second kappa shape index (κ2) is 38.3. The highest BCUT2D eigenvalue weighted by molar-refractivity contribution is 5.98. The maximum absolute atomic E-state index is 14.3. The molecule has 1 aliphatic rings. The number of hydrogen-bond acceptors (Lipinski definition) is 16. The molecule has 10 amide bonds. The van der Waals surface area contributed by atoms with Crippen LogP contribution in [0.25, 0.3) is 0 Å². The molecule has 12 unspecified atom stereocenters. The molecule has 1 aliphatic heterocycles. The largest absolute Gasteiger partial charge is 0.391 e. The number of unbranched alkanes of at least 4 members (excludes halogenated alkanes) is 1. The molecule has 20 N–H and O–H groups in total. The number of halogens is 1. The number of carbonyl (C=O) groups excluding carboxylic acids is 10. The first-order chi connectivity index (χ1) is 35.8. The van der Waals surface area contributed by atoms with Crippen molar-refractivity contribution in [3.63, 3.8) is 0 Å². The van der Waals surface area contributed by atoms with Crippen LogP contribution in [0.1, 0.15) is 139 Å². The van der Waals surface area contributed by atoms with E-state index in [-0.39, 0.29) is 95.4 Å². The van der Waals surface area contributed by atoms with Crippen molar-refractivity contribution >= 4 is 71.5 Å². The lowest BCUT2D eigenvalue weighted by Gasteiger charge is -2.29. The van der Waals surface area contributed by atoms with Gasteiger partial charge in [0, 0.05) is 13.0 Å². The molecule has 0 saturated carbocycles. The molecule has 0 bridgehead atoms. The summed E-state index contributed by atoms with van der Waals surface area (Å²) in [7, 11) is 0. The van der Waals surface area contributed by atoms with Crippen molar-refractivity contribution in [2.75, 3.05) is 32.7 Å². The smallest absolute Gasteiger partial charge is 0.245 e. The Morgan fingerprint density at radius 1 is 0.571 bits per heavy atom. The third-order valence-electron chi connectivity index (χ3n) is 12.7. The Balaban J connectivity index is 0.0000578. The van der Waals surface area contributed by atoms with Crippen LogP contribution >= 0.6 is 12.4 Å². The van der Waals surface area contributed by atoms with Gasteiger partial charge in [0.2, 0.25) is 59.1 Å². The fourth-order valence-corrected chi connectivity index (χ4v) is 8.49. The minimum Gasteiger partial charge on any atom is -0.391 e. The first-order valence-corrected chi connectivity index (χ1v) is 27.0. The Morgan fingerprint density at radius 3 is 1.45 bits per heavy atom. The van der Waals surface area contributed by atoms with Crippen molar-refractivity contribution in [3.8, 4) is 0 Å². The SMILES string of the molecule is CCCC(C)CCCCC(=O)NC(C(=O)NC(CCN)C(=O)NC1CCNC(=O)C(C(C)O)NC(=O)C(CCN)NC(=O)C(CCN)NC(=O)C(CC(C)C)NC(=O)C(CC(C)C)NC(=O)C(CCN)NC1=O)C(C)O.Cl. The number of aliphatic hydroxyl groups excluding tert-OH is 2. The van der Waals surface area contributed by atoms with Gasteiger partial charge < -0.3 is 86.3 Å². The molecule has 27 heteroatoms. The molecule has 1 rings (SSSR count). The van der Waals surface area contributed by atoms with Crippen LogP contribution in [0, 0.1) is 17.8 Å². The molecule has 26 nitrogen and oxygen atoms in total. The topological polar surface area (TPSA) is 436 Å². The summed E-state index contributed by atoms with van der Waals surface area (Å²) >= 11 is 0. The first kappa shape index (κ1) is 71.8. The average molecular weight is 1120 g/mol. The highest BCUT2D eigenvalue weighted by atomic mass is 35.5. The second-order valence-electron chi connectivity index (χ2n) is 20.7. The van der Waals surface area contributed by atoms with Crippen LogP contribution < -0.4 is 76.1 Å². The molecule has 0 aromatic carbocycles. The molecule has 1 saturated heterocycles. The van der Waals surface area contributed by atoms with E-state index in [4.69, 9.17) is 22.9 Å². The number of amides is 10. The maximum atomic E-state index is 14.3. The van der Waals surface area contributed by atoms with Crippen LogP contribution in [-0.2, 0) is 47.9 Å². The van der Waals surface area contributed by atoms with E-state index in [0.717, 1.165) is 25.7 Å². The van der Waals surface area contributed by atoms with Gasteiger partial charge in [-0.3, -0.25) is 47.9 Å². The molecule has 0 aromatic heterocycles. The molecular weight excluding hydrogens is 1020 g/mol. The Morgan fingerprint density at radius 2 is 1.03 bits per heavy atom. The minimum atomic E-state index is -1.65. The molecule has 1 fully saturated rings. The van der Waals surface area contributed by atoms with Crippen molar-refractivity contribution in [3.05, 3.63) is 0 Å². The fourth-order valence-electron chi connectivity index (χ4n) is 8.49. The number of nitrogens with two attached hydrogens (primary N) is 4. The zero-order valence-electron chi connectivity index (χ0n) is 46.5. The van der Waals surface area contributed by atoms with E-state index in [2.05, 4.69) is 67.0 Å². The van der Waals surface area contributed by atoms with Gasteiger partial charge in [0.05, 0.1) is 12.2 Å². The van der Waals surface area contributed by atoms with E-state index in [0.29, 0.717) is 12.3 Å². The molecule has 0 aromatic rings. The fraction of sp³-hybridized carbons (Fsp3) is 0.800. The number of aliphatic hydroxyl groups is 2. The molecule has 77 heavy (non-hydrogen) atoms. The lowest BCUT2D eigenvalue weighted by molar-refractivity contribution is -0.136. The Hall–Kier alpha value is -5.25. The molecule has 1 heterocycles. The van der Waals surface area contributed by atoms with Crippen LogP contribution in [-0.4, -0.2) is 169 Å². The Bertz CT molecular complexity index is 1880. The van der Waals surface area contributed by atoms with Gasteiger partial charge in [-0.25, -0.2) is 0 Å². The van der Waals surface area contributed by atoms with Crippen molar-refractivity contribution in [1.29, 1.82) is 0 Å². The summed E-state index contributed by atoms with van der Waals surface area (Å²) in [6.07, 6.45) is 0.683. The molecule has 12 atom stereocenters. The Labute approximate surface area is 460 Å². The Kier molecular flexibility index (Phi) is 35.7. The minimum absolute atomic E-state index is 0. The van der Waals surface area contributed by atoms with Gasteiger partial charge >= 0.3 is 0 Å². The number of rotatable bonds is 26. The van der Waals surface area contributed by atoms with Crippen LogP contribution in [0.5, 0.6) is 0 Å². The van der Waals surface area contributed by atoms with E-state index < -0.39 is 139 Å². The van der Waals surface area contributed by atoms with Crippen LogP contribution in [0.4, 0.5) is 0 Å². The normalized spacial score (nSPS) is 23.7. The summed E-state index contributed by atoms with van der Waals surface area (Å²) < 4.78 is 0. The zero-order valence-corrected chi connectivity index (χ0v) is 47.3. The van der Waals surface area contributed by atoms with Gasteiger partial charge in [-0.05, 0) is 109 Å². The predicted molar refractivity (Wildman–Crippen MR) is 292 cm³/mol. The summed E-state index contributed by atoms with van der Waals surface area (Å²) in [6.45, 7) is 13.0. The van der Waals surface area contributed by atoms with Gasteiger partial charge in [-0.1, -0.05) is 67.2 Å². The van der Waals surface area contributed by atoms with Crippen LogP contribution in [0.3, 0.4) is 0 Å². The highest BCUT2D eigenvalue weighted by Gasteiger charge is 2.37. The molecule has 444 valence electrons. The van der Waals surface area contributed by atoms with Crippen molar-refractivity contribution in [2.45, 2.75) is 205 Å². The molecule has 0 radical (unpaired) electrons. The second-order valence-corrected chi connectivity index (χ2v) is 20.7. The third kappa shape index (κ3) is 27.3. The highest BCUT2D eigenvalue weighted by Crippen LogP contribution is 2.15. The van der Waals surface area contributed by atoms with E-state index >= 15 is 0 Å². The summed E-state index contributed by atoms with van der Waals surface area (Å²) in [5.74, 6) is -8.31. The van der Waals surface area contributed by atoms with Gasteiger partial charge in [-0.15, -0.1) is 12.4 Å². The zero-order chi connectivity index (χ0) is 57.7. The first-order valence-electron chi connectivity index (χ1n) is 27.0. The van der Waals surface area contributed by atoms with Gasteiger partial charge in [0.25, 0.3) is 0 Å². The number of nitrogens with one attached hydrogen (secondary N) is 10. The lowest BCUT2D eigenvalue weighted by Crippen LogP contribution is -2.61. The van der Waals surface area contributed by atoms with E-state index in [9.17, 15) is 58.2 Å². The summed E-state index contributed by atoms with van der Waals surface area (Å²) in [4.78, 5) is 138. The maximum Gasteiger partial charge on any atom is 0.245 e. The van der Waals surface area contributed by atoms with Gasteiger partial charge in [0.15, 0.2) is 0 Å². The van der Waals surface area contributed by atoms with E-state index in [1.807, 2.05) is 0 Å². The molecule has 0 spiro atoms.